The molecule has 1 aliphatic rings. The van der Waals surface area contributed by atoms with Crippen LogP contribution in [0, 0.1) is 18.6 Å². The number of carbonyl (C=O) groups is 2. The Hall–Kier alpha value is -4.45. The van der Waals surface area contributed by atoms with E-state index in [-0.39, 0.29) is 36.1 Å². The number of nitrogens with zero attached hydrogens (tertiary/aromatic N) is 6. The maximum absolute atomic E-state index is 15.1. The van der Waals surface area contributed by atoms with Crippen molar-refractivity contribution in [2.45, 2.75) is 40.2 Å². The highest BCUT2D eigenvalue weighted by atomic mass is 19.1. The lowest BCUT2D eigenvalue weighted by Gasteiger charge is -2.21. The lowest BCUT2D eigenvalue weighted by atomic mass is 10.1. The van der Waals surface area contributed by atoms with E-state index in [9.17, 15) is 14.0 Å². The van der Waals surface area contributed by atoms with Crippen LogP contribution in [0.3, 0.4) is 0 Å². The number of rotatable bonds is 8. The number of aryl methyl sites for hydroxylation is 1. The zero-order valence-electron chi connectivity index (χ0n) is 24.7. The molecule has 0 unspecified atom stereocenters. The molecule has 43 heavy (non-hydrogen) atoms. The minimum atomic E-state index is -0.684. The zero-order valence-corrected chi connectivity index (χ0v) is 24.7. The molecule has 0 radical (unpaired) electrons. The molecule has 1 fully saturated rings. The Morgan fingerprint density at radius 1 is 1.02 bits per heavy atom. The fourth-order valence-corrected chi connectivity index (χ4v) is 5.48. The molecule has 1 N–H and O–H groups in total. The fraction of sp³-hybridized carbons (Fsp3) is 0.387. The third-order valence-electron chi connectivity index (χ3n) is 7.42. The molecule has 12 heteroatoms. The van der Waals surface area contributed by atoms with Crippen LogP contribution >= 0.6 is 0 Å². The van der Waals surface area contributed by atoms with Crippen molar-refractivity contribution in [2.75, 3.05) is 44.6 Å². The van der Waals surface area contributed by atoms with E-state index in [1.54, 1.807) is 36.1 Å². The van der Waals surface area contributed by atoms with Crippen LogP contribution < -0.4 is 5.32 Å². The number of nitrogens with one attached hydrogen (secondary N) is 1. The standard InChI is InChI=1S/C31H35F2N7O3/c1-5-43-28(41)18-38-9-6-10-39(12-11-38)30(42)21-7-8-27(34-16-21)36-31-35-17-25(33)29(37-31)22-14-24(32)23-13-20(4)40(19(2)3)26(23)15-22/h7-8,13-17,19H,5-6,9-12,18H2,1-4H3,(H,34,35,36,37). The Labute approximate surface area is 248 Å². The van der Waals surface area contributed by atoms with Gasteiger partial charge in [0.05, 0.1) is 30.4 Å². The summed E-state index contributed by atoms with van der Waals surface area (Å²) in [5, 5.41) is 3.41. The first-order valence-corrected chi connectivity index (χ1v) is 14.4. The molecule has 226 valence electrons. The molecule has 1 aliphatic heterocycles. The lowest BCUT2D eigenvalue weighted by molar-refractivity contribution is -0.144. The minimum Gasteiger partial charge on any atom is -0.465 e. The largest absolute Gasteiger partial charge is 0.465 e. The van der Waals surface area contributed by atoms with E-state index in [4.69, 9.17) is 4.74 Å². The van der Waals surface area contributed by atoms with E-state index in [0.29, 0.717) is 60.6 Å². The van der Waals surface area contributed by atoms with E-state index in [1.807, 2.05) is 30.2 Å². The highest BCUT2D eigenvalue weighted by Gasteiger charge is 2.22. The third-order valence-corrected chi connectivity index (χ3v) is 7.42. The number of aromatic nitrogens is 4. The predicted octanol–water partition coefficient (Wildman–Crippen LogP) is 5.12. The fourth-order valence-electron chi connectivity index (χ4n) is 5.48. The Kier molecular flexibility index (Phi) is 8.95. The van der Waals surface area contributed by atoms with Crippen LogP contribution in [-0.4, -0.2) is 80.5 Å². The lowest BCUT2D eigenvalue weighted by Crippen LogP contribution is -2.37. The van der Waals surface area contributed by atoms with E-state index in [2.05, 4.69) is 20.3 Å². The number of halogens is 2. The van der Waals surface area contributed by atoms with Gasteiger partial charge in [-0.2, -0.15) is 0 Å². The van der Waals surface area contributed by atoms with Crippen molar-refractivity contribution >= 4 is 34.5 Å². The first-order chi connectivity index (χ1) is 20.6. The molecular formula is C31H35F2N7O3. The van der Waals surface area contributed by atoms with Crippen molar-refractivity contribution in [3.8, 4) is 11.3 Å². The second kappa shape index (κ2) is 12.8. The molecule has 1 saturated heterocycles. The van der Waals surface area contributed by atoms with E-state index in [1.165, 1.54) is 12.3 Å². The molecule has 0 atom stereocenters. The van der Waals surface area contributed by atoms with Crippen LogP contribution in [0.1, 0.15) is 49.3 Å². The van der Waals surface area contributed by atoms with E-state index < -0.39 is 11.6 Å². The summed E-state index contributed by atoms with van der Waals surface area (Å²) >= 11 is 0. The van der Waals surface area contributed by atoms with Crippen LogP contribution in [0.15, 0.2) is 42.7 Å². The molecule has 0 spiro atoms. The topological polar surface area (TPSA) is 105 Å². The summed E-state index contributed by atoms with van der Waals surface area (Å²) in [5.41, 5.74) is 2.23. The van der Waals surface area contributed by atoms with Crippen molar-refractivity contribution in [3.05, 3.63) is 65.6 Å². The van der Waals surface area contributed by atoms with Gasteiger partial charge in [-0.25, -0.2) is 23.7 Å². The smallest absolute Gasteiger partial charge is 0.320 e. The van der Waals surface area contributed by atoms with Gasteiger partial charge in [-0.05, 0) is 64.4 Å². The van der Waals surface area contributed by atoms with Gasteiger partial charge in [-0.3, -0.25) is 14.5 Å². The van der Waals surface area contributed by atoms with Crippen LogP contribution in [0.25, 0.3) is 22.2 Å². The molecule has 5 rings (SSSR count). The first kappa shape index (κ1) is 30.0. The Balaban J connectivity index is 1.29. The number of hydrogen-bond donors (Lipinski definition) is 1. The molecule has 3 aromatic heterocycles. The van der Waals surface area contributed by atoms with Gasteiger partial charge < -0.3 is 19.5 Å². The number of hydrogen-bond acceptors (Lipinski definition) is 8. The molecule has 1 amide bonds. The van der Waals surface area contributed by atoms with Crippen molar-refractivity contribution in [1.82, 2.24) is 29.3 Å². The molecule has 10 nitrogen and oxygen atoms in total. The highest BCUT2D eigenvalue weighted by Crippen LogP contribution is 2.32. The number of anilines is 2. The van der Waals surface area contributed by atoms with Gasteiger partial charge >= 0.3 is 5.97 Å². The molecule has 0 aliphatic carbocycles. The van der Waals surface area contributed by atoms with Gasteiger partial charge in [0.15, 0.2) is 5.82 Å². The SMILES string of the molecule is CCOC(=O)CN1CCCN(C(=O)c2ccc(Nc3ncc(F)c(-c4cc(F)c5cc(C)n(C(C)C)c5c4)n3)nc2)CC1. The van der Waals surface area contributed by atoms with Gasteiger partial charge in [0.1, 0.15) is 17.3 Å². The number of carbonyl (C=O) groups excluding carboxylic acids is 2. The summed E-state index contributed by atoms with van der Waals surface area (Å²) in [7, 11) is 0. The maximum atomic E-state index is 15.1. The van der Waals surface area contributed by atoms with Crippen molar-refractivity contribution in [1.29, 1.82) is 0 Å². The van der Waals surface area contributed by atoms with Gasteiger partial charge in [0, 0.05) is 55.1 Å². The summed E-state index contributed by atoms with van der Waals surface area (Å²) in [6.07, 6.45) is 3.23. The number of benzene rings is 1. The molecular weight excluding hydrogens is 556 g/mol. The summed E-state index contributed by atoms with van der Waals surface area (Å²) in [4.78, 5) is 41.4. The second-order valence-electron chi connectivity index (χ2n) is 10.8. The summed E-state index contributed by atoms with van der Waals surface area (Å²) in [6, 6.07) is 8.15. The molecule has 4 aromatic rings. The average molecular weight is 592 g/mol. The van der Waals surface area contributed by atoms with Crippen LogP contribution in [0.2, 0.25) is 0 Å². The van der Waals surface area contributed by atoms with Crippen molar-refractivity contribution in [3.63, 3.8) is 0 Å². The Morgan fingerprint density at radius 3 is 2.56 bits per heavy atom. The Morgan fingerprint density at radius 2 is 1.84 bits per heavy atom. The van der Waals surface area contributed by atoms with Gasteiger partial charge in [0.2, 0.25) is 5.95 Å². The summed E-state index contributed by atoms with van der Waals surface area (Å²) < 4.78 is 37.0. The quantitative estimate of drug-likeness (QED) is 0.282. The van der Waals surface area contributed by atoms with Crippen LogP contribution in [0.4, 0.5) is 20.5 Å². The second-order valence-corrected chi connectivity index (χ2v) is 10.8. The van der Waals surface area contributed by atoms with Crippen molar-refractivity contribution in [2.24, 2.45) is 0 Å². The number of amides is 1. The first-order valence-electron chi connectivity index (χ1n) is 14.4. The normalized spacial score (nSPS) is 14.3. The van der Waals surface area contributed by atoms with Crippen LogP contribution in [-0.2, 0) is 9.53 Å². The van der Waals surface area contributed by atoms with E-state index in [0.717, 1.165) is 18.3 Å². The van der Waals surface area contributed by atoms with Gasteiger partial charge in [0.25, 0.3) is 5.91 Å². The highest BCUT2D eigenvalue weighted by molar-refractivity contribution is 5.94. The maximum Gasteiger partial charge on any atom is 0.320 e. The monoisotopic (exact) mass is 591 g/mol. The van der Waals surface area contributed by atoms with Gasteiger partial charge in [-0.1, -0.05) is 0 Å². The predicted molar refractivity (Wildman–Crippen MR) is 159 cm³/mol. The summed E-state index contributed by atoms with van der Waals surface area (Å²) in [5.74, 6) is -1.13. The number of pyridine rings is 1. The number of esters is 1. The third kappa shape index (κ3) is 6.64. The number of fused-ring (bicyclic) bond motifs is 1. The van der Waals surface area contributed by atoms with Crippen LogP contribution in [0.5, 0.6) is 0 Å². The Bertz CT molecular complexity index is 1640. The molecule has 0 saturated carbocycles. The molecule has 1 aromatic carbocycles. The van der Waals surface area contributed by atoms with Crippen molar-refractivity contribution < 1.29 is 23.1 Å². The molecule has 0 bridgehead atoms. The average Bonchev–Trinajstić information content (AvgIpc) is 3.15. The number of ether oxygens (including phenoxy) is 1. The van der Waals surface area contributed by atoms with E-state index >= 15 is 4.39 Å². The zero-order chi connectivity index (χ0) is 30.7. The minimum absolute atomic E-state index is 0.0441. The summed E-state index contributed by atoms with van der Waals surface area (Å²) in [6.45, 7) is 10.6. The van der Waals surface area contributed by atoms with Gasteiger partial charge in [-0.15, -0.1) is 0 Å². The molecule has 4 heterocycles.